The Bertz CT molecular complexity index is 593. The molecule has 1 aliphatic heterocycles. The lowest BCUT2D eigenvalue weighted by Gasteiger charge is -2.28. The molecule has 2 amide bonds. The molecule has 1 aliphatic rings. The SMILES string of the molecule is CCCCCC(=O)Nc1ccc(N(C)C)c(C(=O)N2CCCCC2)c1. The van der Waals surface area contributed by atoms with Crippen LogP contribution in [0.1, 0.15) is 62.2 Å². The van der Waals surface area contributed by atoms with Gasteiger partial charge in [0.2, 0.25) is 5.91 Å². The molecule has 5 heteroatoms. The van der Waals surface area contributed by atoms with Crippen molar-refractivity contribution in [1.29, 1.82) is 0 Å². The van der Waals surface area contributed by atoms with Gasteiger partial charge in [-0.25, -0.2) is 0 Å². The van der Waals surface area contributed by atoms with Gasteiger partial charge in [-0.2, -0.15) is 0 Å². The summed E-state index contributed by atoms with van der Waals surface area (Å²) in [6.45, 7) is 3.76. The van der Waals surface area contributed by atoms with Crippen molar-refractivity contribution in [2.45, 2.75) is 51.9 Å². The number of nitrogens with zero attached hydrogens (tertiary/aromatic N) is 2. The first-order valence-electron chi connectivity index (χ1n) is 9.43. The third-order valence-corrected chi connectivity index (χ3v) is 4.64. The number of unbranched alkanes of at least 4 members (excludes halogenated alkanes) is 2. The van der Waals surface area contributed by atoms with E-state index in [4.69, 9.17) is 0 Å². The van der Waals surface area contributed by atoms with Crippen LogP contribution >= 0.6 is 0 Å². The highest BCUT2D eigenvalue weighted by Crippen LogP contribution is 2.26. The Labute approximate surface area is 151 Å². The summed E-state index contributed by atoms with van der Waals surface area (Å²) in [5.41, 5.74) is 2.25. The second kappa shape index (κ2) is 9.44. The molecule has 0 bridgehead atoms. The molecule has 5 nitrogen and oxygen atoms in total. The number of nitrogens with one attached hydrogen (secondary N) is 1. The smallest absolute Gasteiger partial charge is 0.256 e. The number of anilines is 2. The monoisotopic (exact) mass is 345 g/mol. The van der Waals surface area contributed by atoms with E-state index in [9.17, 15) is 9.59 Å². The fourth-order valence-electron chi connectivity index (χ4n) is 3.20. The van der Waals surface area contributed by atoms with Gasteiger partial charge in [-0.3, -0.25) is 9.59 Å². The maximum Gasteiger partial charge on any atom is 0.256 e. The lowest BCUT2D eigenvalue weighted by Crippen LogP contribution is -2.36. The Hall–Kier alpha value is -2.04. The highest BCUT2D eigenvalue weighted by Gasteiger charge is 2.22. The maximum absolute atomic E-state index is 13.0. The summed E-state index contributed by atoms with van der Waals surface area (Å²) in [7, 11) is 3.87. The fourth-order valence-corrected chi connectivity index (χ4v) is 3.20. The van der Waals surface area contributed by atoms with Crippen LogP contribution in [0.3, 0.4) is 0 Å². The van der Waals surface area contributed by atoms with Gasteiger partial charge in [-0.05, 0) is 43.9 Å². The summed E-state index contributed by atoms with van der Waals surface area (Å²) in [6, 6.07) is 5.61. The predicted molar refractivity (Wildman–Crippen MR) is 103 cm³/mol. The van der Waals surface area contributed by atoms with Crippen LogP contribution in [0.4, 0.5) is 11.4 Å². The molecule has 1 aromatic rings. The van der Waals surface area contributed by atoms with E-state index in [-0.39, 0.29) is 11.8 Å². The van der Waals surface area contributed by atoms with Gasteiger partial charge in [0.1, 0.15) is 0 Å². The van der Waals surface area contributed by atoms with Gasteiger partial charge in [0.15, 0.2) is 0 Å². The summed E-state index contributed by atoms with van der Waals surface area (Å²) in [6.07, 6.45) is 6.91. The average molecular weight is 345 g/mol. The Kier molecular flexibility index (Phi) is 7.29. The minimum Gasteiger partial charge on any atom is -0.377 e. The van der Waals surface area contributed by atoms with Crippen molar-refractivity contribution in [2.75, 3.05) is 37.4 Å². The van der Waals surface area contributed by atoms with Crippen molar-refractivity contribution in [3.05, 3.63) is 23.8 Å². The van der Waals surface area contributed by atoms with Crippen molar-refractivity contribution >= 4 is 23.2 Å². The average Bonchev–Trinajstić information content (AvgIpc) is 2.61. The van der Waals surface area contributed by atoms with Crippen LogP contribution in [0, 0.1) is 0 Å². The Morgan fingerprint density at radius 1 is 1.12 bits per heavy atom. The molecule has 0 unspecified atom stereocenters. The highest BCUT2D eigenvalue weighted by atomic mass is 16.2. The molecule has 25 heavy (non-hydrogen) atoms. The van der Waals surface area contributed by atoms with Gasteiger partial charge < -0.3 is 15.1 Å². The summed E-state index contributed by atoms with van der Waals surface area (Å²) in [5.74, 6) is 0.0768. The third-order valence-electron chi connectivity index (χ3n) is 4.64. The van der Waals surface area contributed by atoms with Gasteiger partial charge in [-0.15, -0.1) is 0 Å². The number of likely N-dealkylation sites (tertiary alicyclic amines) is 1. The van der Waals surface area contributed by atoms with Gasteiger partial charge in [0, 0.05) is 45.0 Å². The fraction of sp³-hybridized carbons (Fsp3) is 0.600. The van der Waals surface area contributed by atoms with E-state index in [1.165, 1.54) is 6.42 Å². The maximum atomic E-state index is 13.0. The van der Waals surface area contributed by atoms with Crippen LogP contribution in [0.25, 0.3) is 0 Å². The van der Waals surface area contributed by atoms with Crippen LogP contribution in [0.2, 0.25) is 0 Å². The molecule has 1 fully saturated rings. The van der Waals surface area contributed by atoms with Gasteiger partial charge in [-0.1, -0.05) is 19.8 Å². The highest BCUT2D eigenvalue weighted by molar-refractivity contribution is 6.02. The Morgan fingerprint density at radius 2 is 1.84 bits per heavy atom. The summed E-state index contributed by atoms with van der Waals surface area (Å²) in [5, 5.41) is 2.94. The summed E-state index contributed by atoms with van der Waals surface area (Å²) >= 11 is 0. The zero-order valence-electron chi connectivity index (χ0n) is 15.8. The van der Waals surface area contributed by atoms with E-state index in [1.807, 2.05) is 42.1 Å². The lowest BCUT2D eigenvalue weighted by atomic mass is 10.1. The van der Waals surface area contributed by atoms with Crippen molar-refractivity contribution in [3.63, 3.8) is 0 Å². The number of hydrogen-bond acceptors (Lipinski definition) is 3. The van der Waals surface area contributed by atoms with Crippen LogP contribution in [0.15, 0.2) is 18.2 Å². The number of amides is 2. The van der Waals surface area contributed by atoms with Crippen LogP contribution in [-0.2, 0) is 4.79 Å². The van der Waals surface area contributed by atoms with Crippen molar-refractivity contribution in [1.82, 2.24) is 4.90 Å². The molecular weight excluding hydrogens is 314 g/mol. The molecule has 1 saturated heterocycles. The van der Waals surface area contributed by atoms with Gasteiger partial charge >= 0.3 is 0 Å². The van der Waals surface area contributed by atoms with Crippen LogP contribution in [0.5, 0.6) is 0 Å². The minimum atomic E-state index is 0.0161. The standard InChI is InChI=1S/C20H31N3O2/c1-4-5-7-10-19(24)21-16-11-12-18(22(2)3)17(15-16)20(25)23-13-8-6-9-14-23/h11-12,15H,4-10,13-14H2,1-3H3,(H,21,24). The zero-order chi connectivity index (χ0) is 18.2. The molecule has 0 spiro atoms. The second-order valence-electron chi connectivity index (χ2n) is 6.98. The number of carbonyl (C=O) groups is 2. The van der Waals surface area contributed by atoms with E-state index in [0.717, 1.165) is 50.9 Å². The number of hydrogen-bond donors (Lipinski definition) is 1. The molecular formula is C20H31N3O2. The van der Waals surface area contributed by atoms with E-state index in [2.05, 4.69) is 12.2 Å². The van der Waals surface area contributed by atoms with Gasteiger partial charge in [0.25, 0.3) is 5.91 Å². The molecule has 1 heterocycles. The summed E-state index contributed by atoms with van der Waals surface area (Å²) in [4.78, 5) is 28.9. The zero-order valence-corrected chi connectivity index (χ0v) is 15.8. The van der Waals surface area contributed by atoms with Gasteiger partial charge in [0.05, 0.1) is 5.56 Å². The second-order valence-corrected chi connectivity index (χ2v) is 6.98. The van der Waals surface area contributed by atoms with E-state index in [0.29, 0.717) is 17.7 Å². The normalized spacial score (nSPS) is 14.3. The molecule has 0 atom stereocenters. The molecule has 138 valence electrons. The topological polar surface area (TPSA) is 52.7 Å². The largest absolute Gasteiger partial charge is 0.377 e. The van der Waals surface area contributed by atoms with Crippen LogP contribution in [-0.4, -0.2) is 43.9 Å². The molecule has 2 rings (SSSR count). The predicted octanol–water partition coefficient (Wildman–Crippen LogP) is 3.90. The third kappa shape index (κ3) is 5.48. The van der Waals surface area contributed by atoms with E-state index in [1.54, 1.807) is 0 Å². The number of benzene rings is 1. The Balaban J connectivity index is 2.15. The first-order valence-corrected chi connectivity index (χ1v) is 9.43. The minimum absolute atomic E-state index is 0.0161. The Morgan fingerprint density at radius 3 is 2.48 bits per heavy atom. The van der Waals surface area contributed by atoms with Crippen molar-refractivity contribution in [3.8, 4) is 0 Å². The molecule has 1 aromatic carbocycles. The lowest BCUT2D eigenvalue weighted by molar-refractivity contribution is -0.116. The first kappa shape index (κ1) is 19.3. The molecule has 0 aromatic heterocycles. The van der Waals surface area contributed by atoms with E-state index < -0.39 is 0 Å². The molecule has 1 N–H and O–H groups in total. The van der Waals surface area contributed by atoms with Crippen molar-refractivity contribution in [2.24, 2.45) is 0 Å². The van der Waals surface area contributed by atoms with Crippen LogP contribution < -0.4 is 10.2 Å². The van der Waals surface area contributed by atoms with E-state index >= 15 is 0 Å². The van der Waals surface area contributed by atoms with Crippen molar-refractivity contribution < 1.29 is 9.59 Å². The molecule has 0 aliphatic carbocycles. The number of piperidine rings is 1. The number of rotatable bonds is 7. The molecule has 0 radical (unpaired) electrons. The quantitative estimate of drug-likeness (QED) is 0.763. The summed E-state index contributed by atoms with van der Waals surface area (Å²) < 4.78 is 0. The first-order chi connectivity index (χ1) is 12.0. The molecule has 0 saturated carbocycles. The number of carbonyl (C=O) groups excluding carboxylic acids is 2.